The average Bonchev–Trinajstić information content (AvgIpc) is 3.04. The van der Waals surface area contributed by atoms with Crippen molar-refractivity contribution >= 4 is 11.6 Å². The highest BCUT2D eigenvalue weighted by Gasteiger charge is 2.52. The lowest BCUT2D eigenvalue weighted by atomic mass is 10.1. The molecule has 1 aliphatic carbocycles. The van der Waals surface area contributed by atoms with Gasteiger partial charge in [-0.2, -0.15) is 0 Å². The molecule has 2 rings (SSSR count). The molecule has 0 bridgehead atoms. The van der Waals surface area contributed by atoms with Crippen LogP contribution in [0.25, 0.3) is 0 Å². The second-order valence-corrected chi connectivity index (χ2v) is 6.11. The van der Waals surface area contributed by atoms with Crippen molar-refractivity contribution in [3.05, 3.63) is 29.8 Å². The predicted molar refractivity (Wildman–Crippen MR) is 78.9 cm³/mol. The zero-order chi connectivity index (χ0) is 14.0. The number of amides is 1. The Morgan fingerprint density at radius 1 is 1.37 bits per heavy atom. The molecule has 3 nitrogen and oxygen atoms in total. The molecule has 2 N–H and O–H groups in total. The number of anilines is 1. The maximum atomic E-state index is 12.6. The van der Waals surface area contributed by atoms with Gasteiger partial charge in [-0.15, -0.1) is 0 Å². The van der Waals surface area contributed by atoms with Crippen LogP contribution in [0, 0.1) is 11.3 Å². The minimum atomic E-state index is 0.181. The first-order chi connectivity index (χ1) is 8.99. The van der Waals surface area contributed by atoms with Crippen molar-refractivity contribution in [3.63, 3.8) is 0 Å². The van der Waals surface area contributed by atoms with Gasteiger partial charge in [-0.05, 0) is 36.0 Å². The maximum absolute atomic E-state index is 12.6. The van der Waals surface area contributed by atoms with E-state index in [1.165, 1.54) is 0 Å². The Bertz CT molecular complexity index is 450. The van der Waals surface area contributed by atoms with Crippen LogP contribution in [0.3, 0.4) is 0 Å². The first-order valence-electron chi connectivity index (χ1n) is 7.10. The molecule has 3 heteroatoms. The monoisotopic (exact) mass is 260 g/mol. The van der Waals surface area contributed by atoms with Crippen LogP contribution >= 0.6 is 0 Å². The first kappa shape index (κ1) is 14.1. The summed E-state index contributed by atoms with van der Waals surface area (Å²) >= 11 is 0. The fourth-order valence-electron chi connectivity index (χ4n) is 2.48. The van der Waals surface area contributed by atoms with Gasteiger partial charge in [-0.1, -0.05) is 32.9 Å². The lowest BCUT2D eigenvalue weighted by Crippen LogP contribution is -2.34. The molecule has 1 aromatic carbocycles. The van der Waals surface area contributed by atoms with Crippen LogP contribution in [0.2, 0.25) is 0 Å². The lowest BCUT2D eigenvalue weighted by molar-refractivity contribution is -0.120. The summed E-state index contributed by atoms with van der Waals surface area (Å²) in [7, 11) is 0. The SMILES string of the molecule is CCCN(C(=O)C1CC1(C)C)c1ccc(CN)cc1. The molecule has 0 heterocycles. The second-order valence-electron chi connectivity index (χ2n) is 6.11. The fourth-order valence-corrected chi connectivity index (χ4v) is 2.48. The number of hydrogen-bond acceptors (Lipinski definition) is 2. The van der Waals surface area contributed by atoms with Crippen molar-refractivity contribution < 1.29 is 4.79 Å². The maximum Gasteiger partial charge on any atom is 0.230 e. The summed E-state index contributed by atoms with van der Waals surface area (Å²) in [5, 5.41) is 0. The van der Waals surface area contributed by atoms with Gasteiger partial charge in [0.2, 0.25) is 5.91 Å². The van der Waals surface area contributed by atoms with Crippen LogP contribution in [-0.4, -0.2) is 12.5 Å². The number of nitrogens with two attached hydrogens (primary N) is 1. The van der Waals surface area contributed by atoms with E-state index in [1.54, 1.807) is 0 Å². The molecule has 104 valence electrons. The number of benzene rings is 1. The van der Waals surface area contributed by atoms with Crippen molar-refractivity contribution in [2.24, 2.45) is 17.1 Å². The van der Waals surface area contributed by atoms with Crippen LogP contribution in [0.15, 0.2) is 24.3 Å². The predicted octanol–water partition coefficient (Wildman–Crippen LogP) is 2.93. The molecular formula is C16H24N2O. The Hall–Kier alpha value is -1.35. The summed E-state index contributed by atoms with van der Waals surface area (Å²) in [6.45, 7) is 7.76. The molecule has 1 aromatic rings. The summed E-state index contributed by atoms with van der Waals surface area (Å²) in [4.78, 5) is 14.5. The van der Waals surface area contributed by atoms with Crippen molar-refractivity contribution in [3.8, 4) is 0 Å². The minimum Gasteiger partial charge on any atom is -0.326 e. The Kier molecular flexibility index (Phi) is 3.95. The lowest BCUT2D eigenvalue weighted by Gasteiger charge is -2.23. The second kappa shape index (κ2) is 5.33. The van der Waals surface area contributed by atoms with E-state index in [0.717, 1.165) is 30.6 Å². The normalized spacial score (nSPS) is 20.1. The van der Waals surface area contributed by atoms with Crippen molar-refractivity contribution in [1.29, 1.82) is 0 Å². The molecular weight excluding hydrogens is 236 g/mol. The van der Waals surface area contributed by atoms with Crippen molar-refractivity contribution in [2.75, 3.05) is 11.4 Å². The minimum absolute atomic E-state index is 0.181. The molecule has 1 saturated carbocycles. The molecule has 0 spiro atoms. The molecule has 19 heavy (non-hydrogen) atoms. The van der Waals surface area contributed by atoms with Gasteiger partial charge < -0.3 is 10.6 Å². The summed E-state index contributed by atoms with van der Waals surface area (Å²) in [5.41, 5.74) is 7.88. The largest absolute Gasteiger partial charge is 0.326 e. The third-order valence-corrected chi connectivity index (χ3v) is 4.01. The van der Waals surface area contributed by atoms with E-state index in [-0.39, 0.29) is 17.2 Å². The summed E-state index contributed by atoms with van der Waals surface area (Å²) in [5.74, 6) is 0.459. The molecule has 1 unspecified atom stereocenters. The van der Waals surface area contributed by atoms with E-state index < -0.39 is 0 Å². The molecule has 1 aliphatic rings. The fraction of sp³-hybridized carbons (Fsp3) is 0.562. The van der Waals surface area contributed by atoms with Gasteiger partial charge in [0.05, 0.1) is 0 Å². The smallest absolute Gasteiger partial charge is 0.230 e. The zero-order valence-corrected chi connectivity index (χ0v) is 12.1. The summed E-state index contributed by atoms with van der Waals surface area (Å²) in [6.07, 6.45) is 1.98. The first-order valence-corrected chi connectivity index (χ1v) is 7.10. The molecule has 1 amide bonds. The van der Waals surface area contributed by atoms with Crippen molar-refractivity contribution in [2.45, 2.75) is 40.2 Å². The third kappa shape index (κ3) is 2.98. The van der Waals surface area contributed by atoms with E-state index in [2.05, 4.69) is 20.8 Å². The third-order valence-electron chi connectivity index (χ3n) is 4.01. The average molecular weight is 260 g/mol. The standard InChI is InChI=1S/C16H24N2O/c1-4-9-18(15(19)14-10-16(14,2)3)13-7-5-12(11-17)6-8-13/h5-8,14H,4,9-11,17H2,1-3H3. The number of carbonyl (C=O) groups is 1. The number of carbonyl (C=O) groups excluding carboxylic acids is 1. The highest BCUT2D eigenvalue weighted by molar-refractivity contribution is 5.97. The van der Waals surface area contributed by atoms with Gasteiger partial charge in [0.15, 0.2) is 0 Å². The number of nitrogens with zero attached hydrogens (tertiary/aromatic N) is 1. The molecule has 1 atom stereocenters. The van der Waals surface area contributed by atoms with Gasteiger partial charge in [-0.25, -0.2) is 0 Å². The quantitative estimate of drug-likeness (QED) is 0.884. The molecule has 0 saturated heterocycles. The van der Waals surface area contributed by atoms with E-state index >= 15 is 0 Å². The van der Waals surface area contributed by atoms with Gasteiger partial charge in [0, 0.05) is 24.7 Å². The summed E-state index contributed by atoms with van der Waals surface area (Å²) in [6, 6.07) is 8.02. The van der Waals surface area contributed by atoms with E-state index in [0.29, 0.717) is 6.54 Å². The molecule has 0 aromatic heterocycles. The van der Waals surface area contributed by atoms with Gasteiger partial charge in [0.25, 0.3) is 0 Å². The van der Waals surface area contributed by atoms with Gasteiger partial charge in [-0.3, -0.25) is 4.79 Å². The number of hydrogen-bond donors (Lipinski definition) is 1. The Morgan fingerprint density at radius 3 is 2.37 bits per heavy atom. The molecule has 0 radical (unpaired) electrons. The molecule has 1 fully saturated rings. The number of rotatable bonds is 5. The van der Waals surface area contributed by atoms with E-state index in [1.807, 2.05) is 29.2 Å². The highest BCUT2D eigenvalue weighted by atomic mass is 16.2. The van der Waals surface area contributed by atoms with Crippen LogP contribution < -0.4 is 10.6 Å². The Morgan fingerprint density at radius 2 is 1.95 bits per heavy atom. The Labute approximate surface area is 115 Å². The topological polar surface area (TPSA) is 46.3 Å². The van der Waals surface area contributed by atoms with Crippen LogP contribution in [0.1, 0.15) is 39.2 Å². The van der Waals surface area contributed by atoms with E-state index in [9.17, 15) is 4.79 Å². The van der Waals surface area contributed by atoms with Crippen LogP contribution in [-0.2, 0) is 11.3 Å². The van der Waals surface area contributed by atoms with Gasteiger partial charge >= 0.3 is 0 Å². The van der Waals surface area contributed by atoms with Crippen LogP contribution in [0.5, 0.6) is 0 Å². The highest BCUT2D eigenvalue weighted by Crippen LogP contribution is 2.52. The Balaban J connectivity index is 2.17. The molecule has 0 aliphatic heterocycles. The summed E-state index contributed by atoms with van der Waals surface area (Å²) < 4.78 is 0. The van der Waals surface area contributed by atoms with Crippen molar-refractivity contribution in [1.82, 2.24) is 0 Å². The van der Waals surface area contributed by atoms with Gasteiger partial charge in [0.1, 0.15) is 0 Å². The van der Waals surface area contributed by atoms with E-state index in [4.69, 9.17) is 5.73 Å². The zero-order valence-electron chi connectivity index (χ0n) is 12.1. The van der Waals surface area contributed by atoms with Crippen LogP contribution in [0.4, 0.5) is 5.69 Å².